The first-order chi connectivity index (χ1) is 6.38. The molecule has 82 valence electrons. The van der Waals surface area contributed by atoms with Crippen molar-refractivity contribution in [3.05, 3.63) is 0 Å². The van der Waals surface area contributed by atoms with Crippen molar-refractivity contribution < 1.29 is 9.90 Å². The van der Waals surface area contributed by atoms with Crippen molar-refractivity contribution in [2.45, 2.75) is 45.6 Å². The SMILES string of the molecule is CC1CCC(C(C)C)[C@@](O)(C(N)=O)C1. The molecule has 1 aliphatic rings. The molecule has 0 saturated heterocycles. The van der Waals surface area contributed by atoms with Gasteiger partial charge in [0.15, 0.2) is 0 Å². The van der Waals surface area contributed by atoms with E-state index in [9.17, 15) is 9.90 Å². The molecule has 0 bridgehead atoms. The van der Waals surface area contributed by atoms with Crippen molar-refractivity contribution in [1.29, 1.82) is 0 Å². The molecule has 1 saturated carbocycles. The summed E-state index contributed by atoms with van der Waals surface area (Å²) in [5.74, 6) is 0.168. The number of primary amides is 1. The molecule has 1 aliphatic carbocycles. The minimum Gasteiger partial charge on any atom is -0.380 e. The van der Waals surface area contributed by atoms with Crippen LogP contribution in [0.3, 0.4) is 0 Å². The van der Waals surface area contributed by atoms with Gasteiger partial charge in [-0.05, 0) is 30.6 Å². The van der Waals surface area contributed by atoms with Gasteiger partial charge in [0, 0.05) is 0 Å². The van der Waals surface area contributed by atoms with E-state index < -0.39 is 11.5 Å². The van der Waals surface area contributed by atoms with Gasteiger partial charge < -0.3 is 10.8 Å². The molecular formula is C11H21NO2. The van der Waals surface area contributed by atoms with E-state index in [0.29, 0.717) is 18.3 Å². The molecular weight excluding hydrogens is 178 g/mol. The second-order valence-corrected chi connectivity index (χ2v) is 5.03. The Hall–Kier alpha value is -0.570. The summed E-state index contributed by atoms with van der Waals surface area (Å²) in [6.07, 6.45) is 2.50. The van der Waals surface area contributed by atoms with Gasteiger partial charge in [0.25, 0.3) is 0 Å². The highest BCUT2D eigenvalue weighted by Crippen LogP contribution is 2.40. The van der Waals surface area contributed by atoms with E-state index in [1.165, 1.54) is 0 Å². The van der Waals surface area contributed by atoms with E-state index >= 15 is 0 Å². The first kappa shape index (κ1) is 11.5. The summed E-state index contributed by atoms with van der Waals surface area (Å²) in [5.41, 5.74) is 4.03. The zero-order chi connectivity index (χ0) is 10.9. The van der Waals surface area contributed by atoms with Crippen molar-refractivity contribution in [1.82, 2.24) is 0 Å². The Balaban J connectivity index is 2.88. The van der Waals surface area contributed by atoms with Crippen LogP contribution >= 0.6 is 0 Å². The van der Waals surface area contributed by atoms with E-state index in [0.717, 1.165) is 12.8 Å². The van der Waals surface area contributed by atoms with Crippen LogP contribution in [-0.2, 0) is 4.79 Å². The van der Waals surface area contributed by atoms with Crippen LogP contribution in [0.4, 0.5) is 0 Å². The highest BCUT2D eigenvalue weighted by molar-refractivity contribution is 5.83. The lowest BCUT2D eigenvalue weighted by Gasteiger charge is -2.42. The molecule has 14 heavy (non-hydrogen) atoms. The second-order valence-electron chi connectivity index (χ2n) is 5.03. The number of aliphatic hydroxyl groups is 1. The fraction of sp³-hybridized carbons (Fsp3) is 0.909. The molecule has 1 fully saturated rings. The molecule has 0 aliphatic heterocycles. The summed E-state index contributed by atoms with van der Waals surface area (Å²) in [6, 6.07) is 0. The monoisotopic (exact) mass is 199 g/mol. The fourth-order valence-electron chi connectivity index (χ4n) is 2.66. The fourth-order valence-corrected chi connectivity index (χ4v) is 2.66. The van der Waals surface area contributed by atoms with Crippen LogP contribution in [0.2, 0.25) is 0 Å². The molecule has 0 radical (unpaired) electrons. The van der Waals surface area contributed by atoms with E-state index in [4.69, 9.17) is 5.73 Å². The molecule has 3 atom stereocenters. The summed E-state index contributed by atoms with van der Waals surface area (Å²) in [5, 5.41) is 10.3. The standard InChI is InChI=1S/C11H21NO2/c1-7(2)9-5-4-8(3)6-11(9,14)10(12)13/h7-9,14H,4-6H2,1-3H3,(H2,12,13)/t8?,9?,11-/m1/s1. The lowest BCUT2D eigenvalue weighted by atomic mass is 9.67. The molecule has 1 amide bonds. The molecule has 0 aromatic carbocycles. The van der Waals surface area contributed by atoms with Gasteiger partial charge in [-0.1, -0.05) is 27.2 Å². The average Bonchev–Trinajstić information content (AvgIpc) is 2.02. The van der Waals surface area contributed by atoms with Crippen LogP contribution in [-0.4, -0.2) is 16.6 Å². The van der Waals surface area contributed by atoms with Gasteiger partial charge in [-0.25, -0.2) is 0 Å². The zero-order valence-electron chi connectivity index (χ0n) is 9.29. The molecule has 3 heteroatoms. The third-order valence-electron chi connectivity index (χ3n) is 3.47. The molecule has 0 aromatic rings. The van der Waals surface area contributed by atoms with Crippen molar-refractivity contribution in [3.8, 4) is 0 Å². The lowest BCUT2D eigenvalue weighted by Crippen LogP contribution is -2.54. The maximum Gasteiger partial charge on any atom is 0.249 e. The Morgan fingerprint density at radius 2 is 2.07 bits per heavy atom. The lowest BCUT2D eigenvalue weighted by molar-refractivity contribution is -0.152. The largest absolute Gasteiger partial charge is 0.380 e. The third-order valence-corrected chi connectivity index (χ3v) is 3.47. The number of carbonyl (C=O) groups is 1. The molecule has 0 aromatic heterocycles. The zero-order valence-corrected chi connectivity index (χ0v) is 9.29. The number of amides is 1. The van der Waals surface area contributed by atoms with E-state index in [2.05, 4.69) is 6.92 Å². The van der Waals surface area contributed by atoms with Gasteiger partial charge in [-0.15, -0.1) is 0 Å². The summed E-state index contributed by atoms with van der Waals surface area (Å²) < 4.78 is 0. The second kappa shape index (κ2) is 3.89. The number of nitrogens with two attached hydrogens (primary N) is 1. The summed E-state index contributed by atoms with van der Waals surface area (Å²) >= 11 is 0. The third kappa shape index (κ3) is 1.92. The Labute approximate surface area is 85.7 Å². The molecule has 2 unspecified atom stereocenters. The number of hydrogen-bond donors (Lipinski definition) is 2. The summed E-state index contributed by atoms with van der Waals surface area (Å²) in [4.78, 5) is 11.3. The number of rotatable bonds is 2. The number of carbonyl (C=O) groups excluding carboxylic acids is 1. The minimum atomic E-state index is -1.27. The predicted octanol–water partition coefficient (Wildman–Crippen LogP) is 1.29. The Morgan fingerprint density at radius 3 is 2.50 bits per heavy atom. The Bertz CT molecular complexity index is 227. The van der Waals surface area contributed by atoms with Crippen LogP contribution in [0, 0.1) is 17.8 Å². The van der Waals surface area contributed by atoms with Crippen molar-refractivity contribution in [3.63, 3.8) is 0 Å². The molecule has 3 nitrogen and oxygen atoms in total. The van der Waals surface area contributed by atoms with Crippen LogP contribution in [0.1, 0.15) is 40.0 Å². The van der Waals surface area contributed by atoms with Crippen LogP contribution in [0.15, 0.2) is 0 Å². The smallest absolute Gasteiger partial charge is 0.249 e. The van der Waals surface area contributed by atoms with Gasteiger partial charge in [0.05, 0.1) is 0 Å². The average molecular weight is 199 g/mol. The molecule has 1 rings (SSSR count). The van der Waals surface area contributed by atoms with Gasteiger partial charge in [0.2, 0.25) is 5.91 Å². The van der Waals surface area contributed by atoms with Gasteiger partial charge >= 0.3 is 0 Å². The van der Waals surface area contributed by atoms with Crippen LogP contribution in [0.5, 0.6) is 0 Å². The van der Waals surface area contributed by atoms with Gasteiger partial charge in [0.1, 0.15) is 5.60 Å². The summed E-state index contributed by atoms with van der Waals surface area (Å²) in [6.45, 7) is 6.13. The van der Waals surface area contributed by atoms with E-state index in [1.54, 1.807) is 0 Å². The maximum atomic E-state index is 11.3. The van der Waals surface area contributed by atoms with E-state index in [1.807, 2.05) is 13.8 Å². The van der Waals surface area contributed by atoms with Crippen molar-refractivity contribution >= 4 is 5.91 Å². The topological polar surface area (TPSA) is 63.3 Å². The first-order valence-corrected chi connectivity index (χ1v) is 5.40. The number of hydrogen-bond acceptors (Lipinski definition) is 2. The van der Waals surface area contributed by atoms with Gasteiger partial charge in [-0.2, -0.15) is 0 Å². The molecule has 0 heterocycles. The summed E-state index contributed by atoms with van der Waals surface area (Å²) in [7, 11) is 0. The highest BCUT2D eigenvalue weighted by atomic mass is 16.3. The highest BCUT2D eigenvalue weighted by Gasteiger charge is 2.47. The minimum absolute atomic E-state index is 0.0243. The Morgan fingerprint density at radius 1 is 1.50 bits per heavy atom. The molecule has 3 N–H and O–H groups in total. The Kier molecular flexibility index (Phi) is 3.20. The van der Waals surface area contributed by atoms with Crippen LogP contribution < -0.4 is 5.73 Å². The maximum absolute atomic E-state index is 11.3. The predicted molar refractivity (Wildman–Crippen MR) is 55.5 cm³/mol. The normalized spacial score (nSPS) is 38.6. The van der Waals surface area contributed by atoms with Gasteiger partial charge in [-0.3, -0.25) is 4.79 Å². The molecule has 0 spiro atoms. The quantitative estimate of drug-likeness (QED) is 0.704. The van der Waals surface area contributed by atoms with Crippen molar-refractivity contribution in [2.75, 3.05) is 0 Å². The van der Waals surface area contributed by atoms with Crippen LogP contribution in [0.25, 0.3) is 0 Å². The first-order valence-electron chi connectivity index (χ1n) is 5.40. The van der Waals surface area contributed by atoms with E-state index in [-0.39, 0.29) is 5.92 Å². The van der Waals surface area contributed by atoms with Crippen molar-refractivity contribution in [2.24, 2.45) is 23.5 Å².